The molecule has 2 unspecified atom stereocenters. The number of anilines is 2. The molecule has 3 aromatic carbocycles. The van der Waals surface area contributed by atoms with Gasteiger partial charge in [-0.1, -0.05) is 54.1 Å². The summed E-state index contributed by atoms with van der Waals surface area (Å²) in [6.07, 6.45) is 3.74. The number of carbonyl (C=O) groups is 5. The molecule has 0 spiro atoms. The van der Waals surface area contributed by atoms with Crippen molar-refractivity contribution in [1.82, 2.24) is 25.5 Å². The number of aliphatic imine (C=N–C) groups is 1. The van der Waals surface area contributed by atoms with Crippen LogP contribution < -0.4 is 25.6 Å². The number of amidine groups is 2. The average Bonchev–Trinajstić information content (AvgIpc) is 3.67. The Kier molecular flexibility index (Phi) is 12.7. The number of aryl methyl sites for hydroxylation is 1. The number of hydrogen-bond acceptors (Lipinski definition) is 13. The molecule has 3 atom stereocenters. The number of piperidine rings is 1. The number of rotatable bonds is 13. The minimum absolute atomic E-state index is 0.0462. The molecule has 0 bridgehead atoms. The van der Waals surface area contributed by atoms with Gasteiger partial charge in [-0.3, -0.25) is 54.9 Å². The summed E-state index contributed by atoms with van der Waals surface area (Å²) in [5, 5.41) is 27.6. The lowest BCUT2D eigenvalue weighted by atomic mass is 9.99. The van der Waals surface area contributed by atoms with Crippen molar-refractivity contribution >= 4 is 80.5 Å². The number of nitrogens with one attached hydrogen (secondary N) is 5. The van der Waals surface area contributed by atoms with Crippen LogP contribution in [0.1, 0.15) is 93.4 Å². The highest BCUT2D eigenvalue weighted by atomic mass is 35.5. The molecule has 3 aliphatic rings. The van der Waals surface area contributed by atoms with Gasteiger partial charge in [-0.2, -0.15) is 0 Å². The summed E-state index contributed by atoms with van der Waals surface area (Å²) in [5.74, 6) is -1.36. The van der Waals surface area contributed by atoms with E-state index in [1.165, 1.54) is 11.3 Å². The van der Waals surface area contributed by atoms with E-state index in [1.807, 2.05) is 57.2 Å². The molecule has 18 heteroatoms. The Bertz CT molecular complexity index is 2790. The second kappa shape index (κ2) is 18.5. The zero-order valence-corrected chi connectivity index (χ0v) is 37.5. The Balaban J connectivity index is 0.846. The van der Waals surface area contributed by atoms with Gasteiger partial charge < -0.3 is 15.4 Å². The molecular formula is C47H45ClN10O6S. The van der Waals surface area contributed by atoms with Gasteiger partial charge in [-0.05, 0) is 75.9 Å². The molecule has 65 heavy (non-hydrogen) atoms. The van der Waals surface area contributed by atoms with Gasteiger partial charge in [0.15, 0.2) is 11.6 Å². The van der Waals surface area contributed by atoms with E-state index in [9.17, 15) is 29.4 Å². The predicted molar refractivity (Wildman–Crippen MR) is 249 cm³/mol. The highest BCUT2D eigenvalue weighted by Crippen LogP contribution is 2.40. The molecule has 0 radical (unpaired) electrons. The highest BCUT2D eigenvalue weighted by Gasteiger charge is 2.45. The molecule has 5 heterocycles. The van der Waals surface area contributed by atoms with Crippen molar-refractivity contribution in [3.8, 4) is 17.1 Å². The van der Waals surface area contributed by atoms with Crippen LogP contribution in [0.3, 0.4) is 0 Å². The fourth-order valence-electron chi connectivity index (χ4n) is 8.05. The molecule has 0 saturated carbocycles. The molecular weight excluding hydrogens is 868 g/mol. The summed E-state index contributed by atoms with van der Waals surface area (Å²) in [7, 11) is 0. The number of nitrogens with zero attached hydrogens (tertiary/aromatic N) is 5. The van der Waals surface area contributed by atoms with Gasteiger partial charge in [-0.15, -0.1) is 11.3 Å². The summed E-state index contributed by atoms with van der Waals surface area (Å²) in [6, 6.07) is 17.5. The number of amides is 5. The van der Waals surface area contributed by atoms with Gasteiger partial charge in [-0.25, -0.2) is 9.97 Å². The van der Waals surface area contributed by atoms with E-state index in [1.54, 1.807) is 54.5 Å². The lowest BCUT2D eigenvalue weighted by molar-refractivity contribution is -0.136. The number of carbonyl (C=O) groups excluding carboxylic acids is 5. The first-order chi connectivity index (χ1) is 31.2. The largest absolute Gasteiger partial charge is 0.490 e. The van der Waals surface area contributed by atoms with Gasteiger partial charge in [0.1, 0.15) is 28.8 Å². The minimum Gasteiger partial charge on any atom is -0.490 e. The van der Waals surface area contributed by atoms with Crippen LogP contribution in [0.15, 0.2) is 84.1 Å². The maximum atomic E-state index is 13.6. The zero-order valence-electron chi connectivity index (χ0n) is 36.0. The smallest absolute Gasteiger partial charge is 0.264 e. The van der Waals surface area contributed by atoms with Gasteiger partial charge in [0.05, 0.1) is 48.3 Å². The Morgan fingerprint density at radius 2 is 1.69 bits per heavy atom. The fourth-order valence-corrected chi connectivity index (χ4v) is 9.40. The second-order valence-electron chi connectivity index (χ2n) is 15.9. The predicted octanol–water partition coefficient (Wildman–Crippen LogP) is 7.03. The topological polar surface area (TPSA) is 223 Å². The van der Waals surface area contributed by atoms with Gasteiger partial charge in [0, 0.05) is 45.2 Å². The fraction of sp³-hybridized carbons (Fsp3) is 0.277. The van der Waals surface area contributed by atoms with Crippen molar-refractivity contribution in [3.05, 3.63) is 122 Å². The van der Waals surface area contributed by atoms with Crippen LogP contribution in [0, 0.1) is 24.7 Å². The summed E-state index contributed by atoms with van der Waals surface area (Å²) >= 11 is 7.72. The summed E-state index contributed by atoms with van der Waals surface area (Å²) in [5.41, 5.74) is 5.79. The molecule has 5 N–H and O–H groups in total. The van der Waals surface area contributed by atoms with Gasteiger partial charge in [0.2, 0.25) is 17.7 Å². The van der Waals surface area contributed by atoms with Crippen molar-refractivity contribution in [2.45, 2.75) is 71.5 Å². The highest BCUT2D eigenvalue weighted by molar-refractivity contribution is 7.17. The molecule has 8 rings (SSSR count). The first kappa shape index (κ1) is 44.5. The number of benzene rings is 3. The van der Waals surface area contributed by atoms with Crippen LogP contribution in [-0.4, -0.2) is 87.0 Å². The molecule has 1 fully saturated rings. The Morgan fingerprint density at radius 1 is 0.985 bits per heavy atom. The standard InChI is InChI=1S/C47H45ClN10O6S/c1-24-26(3)65-47-39(24)41(29-13-15-31(48)16-14-29)55-35(42(50)57(47)27(4)49)21-38(60)54-25(2)28-9-11-30(12-10-28)43-52-22-32(23-53-43)64-20-6-19-51-34-8-5-7-33-40(34)46(63)58(45(33)62)36-17-18-37(59)56-44(36)61/h5,7-16,22-23,25,35-36,49-51H,6,17-21H2,1-4H3,(H,54,60)(H,56,59,61)/t25?,35-,36?/m0/s1. The molecule has 5 amide bonds. The molecule has 16 nitrogen and oxygen atoms in total. The van der Waals surface area contributed by atoms with E-state index in [0.717, 1.165) is 42.6 Å². The first-order valence-electron chi connectivity index (χ1n) is 21.0. The number of imide groups is 2. The Morgan fingerprint density at radius 3 is 2.38 bits per heavy atom. The normalized spacial score (nSPS) is 17.5. The number of halogens is 1. The van der Waals surface area contributed by atoms with Crippen molar-refractivity contribution in [2.75, 3.05) is 23.4 Å². The quantitative estimate of drug-likeness (QED) is 0.0351. The zero-order chi connectivity index (χ0) is 46.1. The lowest BCUT2D eigenvalue weighted by Gasteiger charge is -2.27. The second-order valence-corrected chi connectivity index (χ2v) is 17.6. The maximum absolute atomic E-state index is 13.6. The van der Waals surface area contributed by atoms with E-state index in [-0.39, 0.29) is 54.0 Å². The van der Waals surface area contributed by atoms with Crippen LogP contribution in [0.25, 0.3) is 11.4 Å². The molecule has 1 saturated heterocycles. The summed E-state index contributed by atoms with van der Waals surface area (Å²) < 4.78 is 5.87. The Labute approximate surface area is 383 Å². The van der Waals surface area contributed by atoms with Gasteiger partial charge in [0.25, 0.3) is 11.8 Å². The number of aromatic nitrogens is 2. The van der Waals surface area contributed by atoms with Crippen LogP contribution >= 0.6 is 22.9 Å². The average molecular weight is 913 g/mol. The van der Waals surface area contributed by atoms with Crippen molar-refractivity contribution in [3.63, 3.8) is 0 Å². The van der Waals surface area contributed by atoms with E-state index < -0.39 is 35.7 Å². The molecule has 2 aromatic heterocycles. The number of fused-ring (bicyclic) bond motifs is 2. The van der Waals surface area contributed by atoms with Crippen LogP contribution in [0.5, 0.6) is 5.75 Å². The monoisotopic (exact) mass is 912 g/mol. The number of hydrogen-bond donors (Lipinski definition) is 5. The van der Waals surface area contributed by atoms with Crippen LogP contribution in [0.2, 0.25) is 5.02 Å². The molecule has 3 aliphatic heterocycles. The SMILES string of the molecule is CC(=N)N1C(=N)[C@H](CC(=O)NC(C)c2ccc(-c3ncc(OCCCNc4cccc5c4C(=O)N(C4CCC(=O)NC4=O)C5=O)cn3)cc2)N=C(c2ccc(Cl)cc2)c2c1sc(C)c2C. The molecule has 0 aliphatic carbocycles. The van der Waals surface area contributed by atoms with E-state index in [0.29, 0.717) is 47.6 Å². The summed E-state index contributed by atoms with van der Waals surface area (Å²) in [4.78, 5) is 81.8. The van der Waals surface area contributed by atoms with Gasteiger partial charge >= 0.3 is 0 Å². The minimum atomic E-state index is -1.04. The Hall–Kier alpha value is -7.11. The van der Waals surface area contributed by atoms with Crippen molar-refractivity contribution in [1.29, 1.82) is 10.8 Å². The lowest BCUT2D eigenvalue weighted by Crippen LogP contribution is -2.54. The third-order valence-electron chi connectivity index (χ3n) is 11.5. The third kappa shape index (κ3) is 9.01. The number of ether oxygens (including phenoxy) is 1. The van der Waals surface area contributed by atoms with Crippen molar-refractivity contribution in [2.24, 2.45) is 4.99 Å². The van der Waals surface area contributed by atoms with Crippen LogP contribution in [0.4, 0.5) is 10.7 Å². The van der Waals surface area contributed by atoms with Crippen LogP contribution in [-0.2, 0) is 14.4 Å². The third-order valence-corrected chi connectivity index (χ3v) is 13.0. The molecule has 5 aromatic rings. The van der Waals surface area contributed by atoms with E-state index in [4.69, 9.17) is 26.7 Å². The first-order valence-corrected chi connectivity index (χ1v) is 22.2. The van der Waals surface area contributed by atoms with E-state index in [2.05, 4.69) is 25.9 Å². The van der Waals surface area contributed by atoms with E-state index >= 15 is 0 Å². The summed E-state index contributed by atoms with van der Waals surface area (Å²) in [6.45, 7) is 8.26. The maximum Gasteiger partial charge on any atom is 0.264 e. The van der Waals surface area contributed by atoms with Crippen molar-refractivity contribution < 1.29 is 28.7 Å². The number of thiophene rings is 1. The molecule has 332 valence electrons.